The van der Waals surface area contributed by atoms with Crippen molar-refractivity contribution in [3.63, 3.8) is 0 Å². The quantitative estimate of drug-likeness (QED) is 0.474. The Morgan fingerprint density at radius 1 is 1.20 bits per heavy atom. The number of halogens is 2. The molecule has 0 spiro atoms. The van der Waals surface area contributed by atoms with Gasteiger partial charge in [-0.3, -0.25) is 14.8 Å². The summed E-state index contributed by atoms with van der Waals surface area (Å²) in [4.78, 5) is 17.3. The van der Waals surface area contributed by atoms with Gasteiger partial charge < -0.3 is 5.32 Å². The number of aliphatic imine (C=N–C) groups is 1. The maximum atomic E-state index is 13.5. The van der Waals surface area contributed by atoms with Crippen LogP contribution < -0.4 is 10.6 Å². The van der Waals surface area contributed by atoms with Crippen molar-refractivity contribution < 1.29 is 9.18 Å². The molecule has 30 heavy (non-hydrogen) atoms. The predicted molar refractivity (Wildman–Crippen MR) is 117 cm³/mol. The molecule has 0 aliphatic carbocycles. The highest BCUT2D eigenvalue weighted by atomic mass is 35.5. The first-order chi connectivity index (χ1) is 14.2. The van der Waals surface area contributed by atoms with Crippen LogP contribution in [0.5, 0.6) is 0 Å². The molecule has 0 atom stereocenters. The van der Waals surface area contributed by atoms with Gasteiger partial charge in [0.05, 0.1) is 17.3 Å². The van der Waals surface area contributed by atoms with E-state index in [1.165, 1.54) is 18.2 Å². The zero-order valence-corrected chi connectivity index (χ0v) is 18.0. The molecule has 3 rings (SSSR count). The number of aromatic nitrogens is 2. The smallest absolute Gasteiger partial charge is 0.257 e. The fraction of sp³-hybridized carbons (Fsp3) is 0.227. The van der Waals surface area contributed by atoms with Gasteiger partial charge >= 0.3 is 0 Å². The van der Waals surface area contributed by atoms with Crippen LogP contribution in [0.2, 0.25) is 5.02 Å². The average molecular weight is 428 g/mol. The number of guanidine groups is 1. The van der Waals surface area contributed by atoms with E-state index in [-0.39, 0.29) is 16.9 Å². The molecule has 156 valence electrons. The number of nitrogens with one attached hydrogen (secondary N) is 2. The molecule has 3 aromatic rings. The van der Waals surface area contributed by atoms with E-state index in [0.717, 1.165) is 22.5 Å². The van der Waals surface area contributed by atoms with Crippen LogP contribution in [0.3, 0.4) is 0 Å². The van der Waals surface area contributed by atoms with Crippen LogP contribution in [0.1, 0.15) is 32.9 Å². The van der Waals surface area contributed by atoms with Crippen LogP contribution in [0.4, 0.5) is 10.1 Å². The maximum absolute atomic E-state index is 13.5. The van der Waals surface area contributed by atoms with Gasteiger partial charge in [0.15, 0.2) is 0 Å². The van der Waals surface area contributed by atoms with E-state index in [0.29, 0.717) is 17.8 Å². The van der Waals surface area contributed by atoms with Crippen molar-refractivity contribution in [2.24, 2.45) is 12.0 Å². The summed E-state index contributed by atoms with van der Waals surface area (Å²) < 4.78 is 15.3. The lowest BCUT2D eigenvalue weighted by atomic mass is 10.1. The molecule has 0 radical (unpaired) electrons. The molecule has 8 heteroatoms. The zero-order chi connectivity index (χ0) is 21.8. The number of anilines is 1. The van der Waals surface area contributed by atoms with Crippen molar-refractivity contribution >= 4 is 29.2 Å². The van der Waals surface area contributed by atoms with Gasteiger partial charge in [-0.25, -0.2) is 9.38 Å². The predicted octanol–water partition coefficient (Wildman–Crippen LogP) is 4.54. The second-order valence-electron chi connectivity index (χ2n) is 7.02. The minimum atomic E-state index is -0.522. The molecule has 1 aromatic heterocycles. The van der Waals surface area contributed by atoms with Crippen molar-refractivity contribution in [3.05, 3.63) is 81.4 Å². The highest BCUT2D eigenvalue weighted by molar-refractivity contribution is 6.31. The summed E-state index contributed by atoms with van der Waals surface area (Å²) in [5.41, 5.74) is 4.82. The Labute approximate surface area is 179 Å². The molecule has 0 aliphatic rings. The van der Waals surface area contributed by atoms with Gasteiger partial charge in [-0.15, -0.1) is 0 Å². The van der Waals surface area contributed by atoms with Crippen molar-refractivity contribution in [3.8, 4) is 0 Å². The molecule has 2 aromatic carbocycles. The number of carbonyl (C=O) groups excluding carboxylic acids is 1. The Bertz CT molecular complexity index is 1120. The molecule has 6 nitrogen and oxygen atoms in total. The topological polar surface area (TPSA) is 71.3 Å². The number of nitrogens with zero attached hydrogens (tertiary/aromatic N) is 3. The molecule has 1 heterocycles. The summed E-state index contributed by atoms with van der Waals surface area (Å²) in [6.07, 6.45) is 0. The molecule has 2 N–H and O–H groups in total. The average Bonchev–Trinajstić information content (AvgIpc) is 2.94. The second kappa shape index (κ2) is 9.09. The van der Waals surface area contributed by atoms with Gasteiger partial charge in [0, 0.05) is 29.6 Å². The highest BCUT2D eigenvalue weighted by Crippen LogP contribution is 2.19. The summed E-state index contributed by atoms with van der Waals surface area (Å²) in [5.74, 6) is -0.601. The van der Waals surface area contributed by atoms with Gasteiger partial charge in [0.25, 0.3) is 5.91 Å². The first-order valence-corrected chi connectivity index (χ1v) is 9.76. The summed E-state index contributed by atoms with van der Waals surface area (Å²) in [7, 11) is 1.87. The Morgan fingerprint density at radius 3 is 2.60 bits per heavy atom. The summed E-state index contributed by atoms with van der Waals surface area (Å²) >= 11 is 5.88. The third-order valence-electron chi connectivity index (χ3n) is 4.75. The highest BCUT2D eigenvalue weighted by Gasteiger charge is 2.13. The monoisotopic (exact) mass is 427 g/mol. The van der Waals surface area contributed by atoms with Gasteiger partial charge in [0.2, 0.25) is 5.96 Å². The van der Waals surface area contributed by atoms with Crippen LogP contribution >= 0.6 is 11.6 Å². The Balaban J connectivity index is 1.88. The van der Waals surface area contributed by atoms with Crippen LogP contribution in [0.25, 0.3) is 0 Å². The third kappa shape index (κ3) is 5.04. The van der Waals surface area contributed by atoms with Gasteiger partial charge in [-0.2, -0.15) is 5.10 Å². The zero-order valence-electron chi connectivity index (χ0n) is 17.3. The normalized spacial score (nSPS) is 11.5. The number of rotatable bonds is 4. The van der Waals surface area contributed by atoms with E-state index in [4.69, 9.17) is 11.6 Å². The summed E-state index contributed by atoms with van der Waals surface area (Å²) in [6, 6.07) is 11.5. The largest absolute Gasteiger partial charge is 0.326 e. The number of hydrogen-bond acceptors (Lipinski definition) is 3. The SMILES string of the molecule is Cc1cccc(C(=O)NC(=NCc2c(C)nn(C)c2C)Nc2ccc(F)c(Cl)c2)c1. The summed E-state index contributed by atoms with van der Waals surface area (Å²) in [6.45, 7) is 6.11. The Morgan fingerprint density at radius 2 is 1.97 bits per heavy atom. The molecule has 0 fully saturated rings. The molecule has 0 saturated carbocycles. The van der Waals surface area contributed by atoms with Gasteiger partial charge in [-0.1, -0.05) is 29.3 Å². The Kier molecular flexibility index (Phi) is 6.52. The molecular formula is C22H23ClFN5O. The number of carbonyl (C=O) groups is 1. The van der Waals surface area contributed by atoms with E-state index in [1.807, 2.05) is 40.0 Å². The minimum absolute atomic E-state index is 0.0247. The fourth-order valence-corrected chi connectivity index (χ4v) is 3.17. The van der Waals surface area contributed by atoms with Crippen LogP contribution in [-0.2, 0) is 13.6 Å². The van der Waals surface area contributed by atoms with Gasteiger partial charge in [0.1, 0.15) is 5.82 Å². The lowest BCUT2D eigenvalue weighted by Crippen LogP contribution is -2.36. The first kappa shape index (κ1) is 21.5. The second-order valence-corrected chi connectivity index (χ2v) is 7.42. The molecule has 0 unspecified atom stereocenters. The van der Waals surface area contributed by atoms with E-state index in [2.05, 4.69) is 20.7 Å². The van der Waals surface area contributed by atoms with E-state index in [1.54, 1.807) is 16.8 Å². The third-order valence-corrected chi connectivity index (χ3v) is 5.04. The minimum Gasteiger partial charge on any atom is -0.326 e. The lowest BCUT2D eigenvalue weighted by Gasteiger charge is -2.13. The number of benzene rings is 2. The maximum Gasteiger partial charge on any atom is 0.257 e. The van der Waals surface area contributed by atoms with Crippen molar-refractivity contribution in [2.45, 2.75) is 27.3 Å². The molecule has 0 bridgehead atoms. The van der Waals surface area contributed by atoms with Crippen LogP contribution in [-0.4, -0.2) is 21.6 Å². The molecule has 0 saturated heterocycles. The van der Waals surface area contributed by atoms with Crippen molar-refractivity contribution in [1.29, 1.82) is 0 Å². The standard InChI is InChI=1S/C22H23ClFN5O/c1-13-6-5-7-16(10-13)21(30)27-22(26-17-8-9-20(24)19(23)11-17)25-12-18-14(2)28-29(4)15(18)3/h5-11H,12H2,1-4H3,(H2,25,26,27,30). The Hall–Kier alpha value is -3.19. The van der Waals surface area contributed by atoms with E-state index < -0.39 is 5.82 Å². The molecule has 1 amide bonds. The first-order valence-electron chi connectivity index (χ1n) is 9.38. The summed E-state index contributed by atoms with van der Waals surface area (Å²) in [5, 5.41) is 10.2. The molecule has 0 aliphatic heterocycles. The number of amides is 1. The number of hydrogen-bond donors (Lipinski definition) is 2. The number of aryl methyl sites for hydroxylation is 3. The van der Waals surface area contributed by atoms with Crippen LogP contribution in [0, 0.1) is 26.6 Å². The van der Waals surface area contributed by atoms with E-state index in [9.17, 15) is 9.18 Å². The lowest BCUT2D eigenvalue weighted by molar-refractivity contribution is 0.0977. The van der Waals surface area contributed by atoms with Gasteiger partial charge in [-0.05, 0) is 51.1 Å². The van der Waals surface area contributed by atoms with Crippen molar-refractivity contribution in [1.82, 2.24) is 15.1 Å². The molecular weight excluding hydrogens is 405 g/mol. The van der Waals surface area contributed by atoms with Crippen molar-refractivity contribution in [2.75, 3.05) is 5.32 Å². The van der Waals surface area contributed by atoms with E-state index >= 15 is 0 Å². The van der Waals surface area contributed by atoms with Crippen LogP contribution in [0.15, 0.2) is 47.5 Å². The fourth-order valence-electron chi connectivity index (χ4n) is 2.99.